The maximum Gasteiger partial charge on any atom is 0.336 e. The van der Waals surface area contributed by atoms with Crippen molar-refractivity contribution in [3.63, 3.8) is 0 Å². The van der Waals surface area contributed by atoms with Gasteiger partial charge >= 0.3 is 5.97 Å². The number of nitro benzene ring substituents is 1. The van der Waals surface area contributed by atoms with E-state index in [1.54, 1.807) is 18.2 Å². The van der Waals surface area contributed by atoms with Gasteiger partial charge in [0.1, 0.15) is 0 Å². The van der Waals surface area contributed by atoms with Crippen LogP contribution in [0.5, 0.6) is 0 Å². The molecule has 2 N–H and O–H groups in total. The average molecular weight is 351 g/mol. The molecule has 0 saturated carbocycles. The van der Waals surface area contributed by atoms with Crippen LogP contribution in [0.2, 0.25) is 0 Å². The van der Waals surface area contributed by atoms with Crippen LogP contribution in [0.1, 0.15) is 17.3 Å². The summed E-state index contributed by atoms with van der Waals surface area (Å²) in [4.78, 5) is 37.5. The minimum atomic E-state index is -1.14. The quantitative estimate of drug-likeness (QED) is 0.548. The Morgan fingerprint density at radius 1 is 1.12 bits per heavy atom. The van der Waals surface area contributed by atoms with Crippen molar-refractivity contribution in [3.05, 3.63) is 64.2 Å². The Bertz CT molecular complexity index is 1040. The van der Waals surface area contributed by atoms with E-state index in [4.69, 9.17) is 0 Å². The standard InChI is InChI=1S/C18H13N3O5/c1-10(22)19-12-4-7-16-14(8-12)15(18(23)24)9-17(20-16)11-2-5-13(6-3-11)21(25)26/h2-9H,1H3,(H,19,22)(H,23,24). The Morgan fingerprint density at radius 3 is 2.38 bits per heavy atom. The van der Waals surface area contributed by atoms with Gasteiger partial charge < -0.3 is 10.4 Å². The molecule has 0 aliphatic heterocycles. The van der Waals surface area contributed by atoms with Gasteiger partial charge in [-0.25, -0.2) is 9.78 Å². The first-order valence-corrected chi connectivity index (χ1v) is 7.55. The minimum Gasteiger partial charge on any atom is -0.478 e. The Balaban J connectivity index is 2.14. The van der Waals surface area contributed by atoms with Crippen LogP contribution < -0.4 is 5.32 Å². The molecule has 0 fully saturated rings. The fourth-order valence-electron chi connectivity index (χ4n) is 2.59. The molecule has 0 atom stereocenters. The molecule has 3 aromatic rings. The second-order valence-electron chi connectivity index (χ2n) is 5.58. The van der Waals surface area contributed by atoms with Crippen molar-refractivity contribution in [2.45, 2.75) is 6.92 Å². The number of carbonyl (C=O) groups is 2. The minimum absolute atomic E-state index is 0.0237. The first-order valence-electron chi connectivity index (χ1n) is 7.55. The summed E-state index contributed by atoms with van der Waals surface area (Å²) in [6.07, 6.45) is 0. The number of nitro groups is 1. The predicted molar refractivity (Wildman–Crippen MR) is 95.1 cm³/mol. The van der Waals surface area contributed by atoms with Crippen molar-refractivity contribution in [1.29, 1.82) is 0 Å². The lowest BCUT2D eigenvalue weighted by molar-refractivity contribution is -0.384. The Hall–Kier alpha value is -3.81. The molecule has 0 bridgehead atoms. The van der Waals surface area contributed by atoms with Crippen LogP contribution in [0.25, 0.3) is 22.2 Å². The number of carboxylic acid groups (broad SMARTS) is 1. The Kier molecular flexibility index (Phi) is 4.32. The van der Waals surface area contributed by atoms with E-state index in [1.165, 1.54) is 37.3 Å². The molecular formula is C18H13N3O5. The number of benzene rings is 2. The highest BCUT2D eigenvalue weighted by molar-refractivity contribution is 6.05. The number of aromatic nitrogens is 1. The number of carbonyl (C=O) groups excluding carboxylic acids is 1. The van der Waals surface area contributed by atoms with Crippen LogP contribution in [0, 0.1) is 10.1 Å². The van der Waals surface area contributed by atoms with E-state index < -0.39 is 10.9 Å². The summed E-state index contributed by atoms with van der Waals surface area (Å²) >= 11 is 0. The second-order valence-corrected chi connectivity index (χ2v) is 5.58. The largest absolute Gasteiger partial charge is 0.478 e. The number of hydrogen-bond donors (Lipinski definition) is 2. The van der Waals surface area contributed by atoms with Crippen molar-refractivity contribution in [3.8, 4) is 11.3 Å². The molecule has 8 nitrogen and oxygen atoms in total. The van der Waals surface area contributed by atoms with Crippen LogP contribution in [0.3, 0.4) is 0 Å². The van der Waals surface area contributed by atoms with E-state index in [0.717, 1.165) is 0 Å². The van der Waals surface area contributed by atoms with Crippen molar-refractivity contribution in [2.24, 2.45) is 0 Å². The third kappa shape index (κ3) is 3.34. The number of rotatable bonds is 4. The van der Waals surface area contributed by atoms with E-state index in [-0.39, 0.29) is 17.2 Å². The summed E-state index contributed by atoms with van der Waals surface area (Å²) in [5.74, 6) is -1.41. The first kappa shape index (κ1) is 17.0. The van der Waals surface area contributed by atoms with Crippen molar-refractivity contribution in [1.82, 2.24) is 4.98 Å². The number of carboxylic acids is 1. The lowest BCUT2D eigenvalue weighted by Crippen LogP contribution is -2.06. The molecule has 8 heteroatoms. The first-order chi connectivity index (χ1) is 12.3. The van der Waals surface area contributed by atoms with Gasteiger partial charge in [-0.05, 0) is 36.4 Å². The molecule has 0 unspecified atom stereocenters. The summed E-state index contributed by atoms with van der Waals surface area (Å²) in [5.41, 5.74) is 1.82. The van der Waals surface area contributed by atoms with Crippen molar-refractivity contribution in [2.75, 3.05) is 5.32 Å². The molecule has 2 aromatic carbocycles. The molecule has 3 rings (SSSR count). The van der Waals surface area contributed by atoms with Crippen molar-refractivity contribution < 1.29 is 19.6 Å². The topological polar surface area (TPSA) is 122 Å². The third-order valence-corrected chi connectivity index (χ3v) is 3.73. The van der Waals surface area contributed by atoms with E-state index in [9.17, 15) is 24.8 Å². The van der Waals surface area contributed by atoms with Crippen LogP contribution in [0.4, 0.5) is 11.4 Å². The van der Waals surface area contributed by atoms with Crippen molar-refractivity contribution >= 4 is 34.2 Å². The maximum atomic E-state index is 11.7. The number of hydrogen-bond acceptors (Lipinski definition) is 5. The molecule has 0 aliphatic rings. The molecule has 0 saturated heterocycles. The average Bonchev–Trinajstić information content (AvgIpc) is 2.60. The Labute approximate surface area is 147 Å². The lowest BCUT2D eigenvalue weighted by Gasteiger charge is -2.09. The number of nitrogens with one attached hydrogen (secondary N) is 1. The van der Waals surface area contributed by atoms with Gasteiger partial charge in [0.05, 0.1) is 21.7 Å². The molecule has 1 aromatic heterocycles. The molecule has 26 heavy (non-hydrogen) atoms. The zero-order valence-corrected chi connectivity index (χ0v) is 13.6. The number of aromatic carboxylic acids is 1. The van der Waals surface area contributed by atoms with Gasteiger partial charge in [-0.15, -0.1) is 0 Å². The van der Waals surface area contributed by atoms with Gasteiger partial charge in [0.2, 0.25) is 5.91 Å². The van der Waals surface area contributed by atoms with Crippen LogP contribution >= 0.6 is 0 Å². The number of amides is 1. The van der Waals surface area contributed by atoms with Gasteiger partial charge in [0.15, 0.2) is 0 Å². The summed E-state index contributed by atoms with van der Waals surface area (Å²) in [6, 6.07) is 11.9. The number of pyridine rings is 1. The zero-order valence-electron chi connectivity index (χ0n) is 13.6. The summed E-state index contributed by atoms with van der Waals surface area (Å²) < 4.78 is 0. The monoisotopic (exact) mass is 351 g/mol. The molecule has 1 heterocycles. The number of nitrogens with zero attached hydrogens (tertiary/aromatic N) is 2. The highest BCUT2D eigenvalue weighted by atomic mass is 16.6. The SMILES string of the molecule is CC(=O)Nc1ccc2nc(-c3ccc([N+](=O)[O-])cc3)cc(C(=O)O)c2c1. The number of anilines is 1. The maximum absolute atomic E-state index is 11.7. The normalized spacial score (nSPS) is 10.5. The molecule has 130 valence electrons. The summed E-state index contributed by atoms with van der Waals surface area (Å²) in [7, 11) is 0. The fraction of sp³-hybridized carbons (Fsp3) is 0.0556. The zero-order chi connectivity index (χ0) is 18.8. The molecule has 0 spiro atoms. The van der Waals surface area contributed by atoms with Gasteiger partial charge in [-0.3, -0.25) is 14.9 Å². The third-order valence-electron chi connectivity index (χ3n) is 3.73. The van der Waals surface area contributed by atoms with Crippen LogP contribution in [-0.4, -0.2) is 26.9 Å². The smallest absolute Gasteiger partial charge is 0.336 e. The molecule has 1 amide bonds. The highest BCUT2D eigenvalue weighted by Crippen LogP contribution is 2.28. The Morgan fingerprint density at radius 2 is 1.81 bits per heavy atom. The molecule has 0 radical (unpaired) electrons. The van der Waals surface area contributed by atoms with Gasteiger partial charge in [0.25, 0.3) is 5.69 Å². The van der Waals surface area contributed by atoms with Gasteiger partial charge in [0, 0.05) is 35.7 Å². The summed E-state index contributed by atoms with van der Waals surface area (Å²) in [6.45, 7) is 1.36. The van der Waals surface area contributed by atoms with Gasteiger partial charge in [-0.1, -0.05) is 0 Å². The number of fused-ring (bicyclic) bond motifs is 1. The second kappa shape index (κ2) is 6.60. The van der Waals surface area contributed by atoms with E-state index in [2.05, 4.69) is 10.3 Å². The fourth-order valence-corrected chi connectivity index (χ4v) is 2.59. The van der Waals surface area contributed by atoms with E-state index in [1.807, 2.05) is 0 Å². The van der Waals surface area contributed by atoms with E-state index >= 15 is 0 Å². The number of non-ortho nitro benzene ring substituents is 1. The van der Waals surface area contributed by atoms with Crippen LogP contribution in [-0.2, 0) is 4.79 Å². The molecular weight excluding hydrogens is 338 g/mol. The highest BCUT2D eigenvalue weighted by Gasteiger charge is 2.15. The molecule has 0 aliphatic carbocycles. The predicted octanol–water partition coefficient (Wildman–Crippen LogP) is 3.47. The summed E-state index contributed by atoms with van der Waals surface area (Å²) in [5, 5.41) is 23.3. The van der Waals surface area contributed by atoms with Crippen LogP contribution in [0.15, 0.2) is 48.5 Å². The van der Waals surface area contributed by atoms with Gasteiger partial charge in [-0.2, -0.15) is 0 Å². The van der Waals surface area contributed by atoms with E-state index in [0.29, 0.717) is 27.8 Å². The lowest BCUT2D eigenvalue weighted by atomic mass is 10.0.